The van der Waals surface area contributed by atoms with Gasteiger partial charge in [0, 0.05) is 72.7 Å². The van der Waals surface area contributed by atoms with Crippen molar-refractivity contribution in [3.05, 3.63) is 60.3 Å². The van der Waals surface area contributed by atoms with E-state index in [4.69, 9.17) is 0 Å². The van der Waals surface area contributed by atoms with Crippen LogP contribution in [0.2, 0.25) is 0 Å². The lowest BCUT2D eigenvalue weighted by Gasteiger charge is -2.44. The number of fused-ring (bicyclic) bond motifs is 2. The fraction of sp³-hybridized carbons (Fsp3) is 0.444. The quantitative estimate of drug-likeness (QED) is 0.656. The van der Waals surface area contributed by atoms with Crippen molar-refractivity contribution in [3.63, 3.8) is 0 Å². The number of nitrogens with zero attached hydrogens (tertiary/aromatic N) is 3. The van der Waals surface area contributed by atoms with E-state index in [1.165, 1.54) is 22.2 Å². The van der Waals surface area contributed by atoms with E-state index in [2.05, 4.69) is 68.2 Å². The van der Waals surface area contributed by atoms with E-state index >= 15 is 0 Å². The molecule has 1 amide bonds. The predicted molar refractivity (Wildman–Crippen MR) is 132 cm³/mol. The van der Waals surface area contributed by atoms with Gasteiger partial charge in [-0.25, -0.2) is 0 Å². The third kappa shape index (κ3) is 3.90. The maximum atomic E-state index is 13.5. The van der Waals surface area contributed by atoms with Crippen molar-refractivity contribution < 1.29 is 4.79 Å². The second-order valence-corrected chi connectivity index (χ2v) is 10.3. The lowest BCUT2D eigenvalue weighted by Crippen LogP contribution is -2.55. The van der Waals surface area contributed by atoms with Crippen LogP contribution in [-0.2, 0) is 11.2 Å². The van der Waals surface area contributed by atoms with Crippen LogP contribution in [0, 0.1) is 5.41 Å². The number of anilines is 2. The zero-order chi connectivity index (χ0) is 22.3. The first-order valence-electron chi connectivity index (χ1n) is 11.9. The van der Waals surface area contributed by atoms with E-state index in [9.17, 15) is 4.79 Å². The molecule has 1 atom stereocenters. The van der Waals surface area contributed by atoms with Crippen LogP contribution in [-0.4, -0.2) is 54.6 Å². The Bertz CT molecular complexity index is 1100. The van der Waals surface area contributed by atoms with Crippen LogP contribution < -0.4 is 9.80 Å². The number of aryl methyl sites for hydroxylation is 1. The number of benzene rings is 2. The van der Waals surface area contributed by atoms with Crippen molar-refractivity contribution >= 4 is 28.2 Å². The summed E-state index contributed by atoms with van der Waals surface area (Å²) in [5.74, 6) is 0.229. The lowest BCUT2D eigenvalue weighted by molar-refractivity contribution is -0.126. The molecule has 5 heteroatoms. The van der Waals surface area contributed by atoms with Gasteiger partial charge in [0.2, 0.25) is 5.91 Å². The van der Waals surface area contributed by atoms with E-state index in [0.717, 1.165) is 51.3 Å². The first-order chi connectivity index (χ1) is 15.4. The van der Waals surface area contributed by atoms with Gasteiger partial charge < -0.3 is 14.8 Å². The summed E-state index contributed by atoms with van der Waals surface area (Å²) in [4.78, 5) is 24.0. The summed E-state index contributed by atoms with van der Waals surface area (Å²) in [6, 6.07) is 17.4. The molecule has 3 heterocycles. The molecular formula is C27H34N4O. The average Bonchev–Trinajstić information content (AvgIpc) is 3.27. The number of amides is 1. The number of para-hydroxylation sites is 1. The Hall–Kier alpha value is -2.79. The molecule has 0 saturated carbocycles. The van der Waals surface area contributed by atoms with Crippen LogP contribution in [0.5, 0.6) is 0 Å². The van der Waals surface area contributed by atoms with Crippen molar-refractivity contribution in [2.75, 3.05) is 42.5 Å². The number of nitrogens with one attached hydrogen (secondary N) is 1. The number of H-pyrrole nitrogens is 1. The number of carbonyl (C=O) groups is 1. The summed E-state index contributed by atoms with van der Waals surface area (Å²) in [6.45, 7) is 11.1. The predicted octanol–water partition coefficient (Wildman–Crippen LogP) is 4.68. The van der Waals surface area contributed by atoms with Crippen molar-refractivity contribution in [1.82, 2.24) is 9.88 Å². The van der Waals surface area contributed by atoms with E-state index in [-0.39, 0.29) is 11.9 Å². The van der Waals surface area contributed by atoms with Gasteiger partial charge in [-0.05, 0) is 42.7 Å². The minimum atomic E-state index is -0.392. The van der Waals surface area contributed by atoms with Crippen molar-refractivity contribution in [3.8, 4) is 0 Å². The van der Waals surface area contributed by atoms with Crippen molar-refractivity contribution in [2.24, 2.45) is 5.41 Å². The third-order valence-corrected chi connectivity index (χ3v) is 6.98. The molecule has 2 aromatic carbocycles. The normalized spacial score (nSPS) is 19.9. The maximum absolute atomic E-state index is 13.5. The summed E-state index contributed by atoms with van der Waals surface area (Å²) >= 11 is 0. The molecule has 32 heavy (non-hydrogen) atoms. The molecule has 0 aliphatic carbocycles. The van der Waals surface area contributed by atoms with E-state index < -0.39 is 5.41 Å². The topological polar surface area (TPSA) is 42.6 Å². The summed E-state index contributed by atoms with van der Waals surface area (Å²) in [7, 11) is 0. The molecular weight excluding hydrogens is 396 g/mol. The molecule has 1 aromatic heterocycles. The minimum absolute atomic E-state index is 0.229. The van der Waals surface area contributed by atoms with E-state index in [1.54, 1.807) is 0 Å². The fourth-order valence-electron chi connectivity index (χ4n) is 5.23. The molecule has 1 saturated heterocycles. The number of aromatic nitrogens is 1. The van der Waals surface area contributed by atoms with E-state index in [1.807, 2.05) is 27.0 Å². The second-order valence-electron chi connectivity index (χ2n) is 10.3. The zero-order valence-electron chi connectivity index (χ0n) is 19.5. The smallest absolute Gasteiger partial charge is 0.232 e. The van der Waals surface area contributed by atoms with Crippen LogP contribution in [0.4, 0.5) is 11.4 Å². The zero-order valence-corrected chi connectivity index (χ0v) is 19.5. The molecule has 2 aliphatic rings. The molecule has 0 spiro atoms. The third-order valence-electron chi connectivity index (χ3n) is 6.98. The fourth-order valence-corrected chi connectivity index (χ4v) is 5.23. The highest BCUT2D eigenvalue weighted by molar-refractivity contribution is 5.98. The van der Waals surface area contributed by atoms with Gasteiger partial charge in [-0.3, -0.25) is 9.69 Å². The Morgan fingerprint density at radius 1 is 0.969 bits per heavy atom. The number of rotatable bonds is 3. The molecule has 168 valence electrons. The summed E-state index contributed by atoms with van der Waals surface area (Å²) in [6.07, 6.45) is 4.10. The highest BCUT2D eigenvalue weighted by Gasteiger charge is 2.37. The monoisotopic (exact) mass is 430 g/mol. The van der Waals surface area contributed by atoms with Gasteiger partial charge in [0.15, 0.2) is 0 Å². The molecule has 1 unspecified atom stereocenters. The molecule has 2 aliphatic heterocycles. The van der Waals surface area contributed by atoms with Gasteiger partial charge in [0.1, 0.15) is 0 Å². The number of piperazine rings is 1. The molecule has 5 nitrogen and oxygen atoms in total. The van der Waals surface area contributed by atoms with E-state index in [0.29, 0.717) is 0 Å². The van der Waals surface area contributed by atoms with Gasteiger partial charge in [0.25, 0.3) is 0 Å². The van der Waals surface area contributed by atoms with Crippen LogP contribution in [0.25, 0.3) is 10.9 Å². The van der Waals surface area contributed by atoms with Gasteiger partial charge >= 0.3 is 0 Å². The summed E-state index contributed by atoms with van der Waals surface area (Å²) in [5.41, 5.74) is 4.53. The molecule has 3 aromatic rings. The Morgan fingerprint density at radius 3 is 2.50 bits per heavy atom. The standard InChI is InChI=1S/C27H34N4O/c1-27(2,3)26(32)31-21(12-11-20-7-4-5-9-24(20)31)19-29-15-17-30(18-16-29)25-10-6-8-23-22(25)13-14-28-23/h4-10,13-14,21,28H,11-12,15-19H2,1-3H3. The molecule has 0 radical (unpaired) electrons. The highest BCUT2D eigenvalue weighted by Crippen LogP contribution is 2.35. The minimum Gasteiger partial charge on any atom is -0.368 e. The Balaban J connectivity index is 1.31. The Labute approximate surface area is 191 Å². The summed E-state index contributed by atoms with van der Waals surface area (Å²) in [5, 5.41) is 1.30. The first kappa shape index (κ1) is 21.1. The van der Waals surface area contributed by atoms with Crippen molar-refractivity contribution in [1.29, 1.82) is 0 Å². The van der Waals surface area contributed by atoms with Gasteiger partial charge in [-0.1, -0.05) is 45.0 Å². The van der Waals surface area contributed by atoms with Crippen LogP contribution >= 0.6 is 0 Å². The Morgan fingerprint density at radius 2 is 1.72 bits per heavy atom. The second kappa shape index (κ2) is 8.28. The summed E-state index contributed by atoms with van der Waals surface area (Å²) < 4.78 is 0. The molecule has 0 bridgehead atoms. The first-order valence-corrected chi connectivity index (χ1v) is 11.9. The highest BCUT2D eigenvalue weighted by atomic mass is 16.2. The number of aromatic amines is 1. The van der Waals surface area contributed by atoms with Gasteiger partial charge in [-0.15, -0.1) is 0 Å². The van der Waals surface area contributed by atoms with Gasteiger partial charge in [-0.2, -0.15) is 0 Å². The largest absolute Gasteiger partial charge is 0.368 e. The molecule has 1 N–H and O–H groups in total. The number of hydrogen-bond donors (Lipinski definition) is 1. The molecule has 1 fully saturated rings. The SMILES string of the molecule is CC(C)(C)C(=O)N1c2ccccc2CCC1CN1CCN(c2cccc3[nH]ccc23)CC1. The molecule has 5 rings (SSSR count). The lowest BCUT2D eigenvalue weighted by atomic mass is 9.89. The van der Waals surface area contributed by atoms with Gasteiger partial charge in [0.05, 0.1) is 0 Å². The van der Waals surface area contributed by atoms with Crippen LogP contribution in [0.15, 0.2) is 54.7 Å². The average molecular weight is 431 g/mol. The van der Waals surface area contributed by atoms with Crippen LogP contribution in [0.3, 0.4) is 0 Å². The number of carbonyl (C=O) groups excluding carboxylic acids is 1. The van der Waals surface area contributed by atoms with Crippen molar-refractivity contribution in [2.45, 2.75) is 39.7 Å². The Kier molecular flexibility index (Phi) is 5.46. The van der Waals surface area contributed by atoms with Crippen LogP contribution in [0.1, 0.15) is 32.8 Å². The number of hydrogen-bond acceptors (Lipinski definition) is 3. The maximum Gasteiger partial charge on any atom is 0.232 e.